The largest absolute Gasteiger partial charge is 0.493 e. The lowest BCUT2D eigenvalue weighted by Crippen LogP contribution is -2.26. The molecule has 0 saturated carbocycles. The van der Waals surface area contributed by atoms with E-state index in [0.717, 1.165) is 6.07 Å². The van der Waals surface area contributed by atoms with Crippen LogP contribution in [0.15, 0.2) is 48.5 Å². The van der Waals surface area contributed by atoms with E-state index in [-0.39, 0.29) is 42.1 Å². The van der Waals surface area contributed by atoms with Crippen molar-refractivity contribution in [3.8, 4) is 17.2 Å². The van der Waals surface area contributed by atoms with E-state index in [1.807, 2.05) is 0 Å². The normalized spacial score (nSPS) is 14.7. The molecule has 12 heteroatoms. The number of aliphatic carboxylic acids is 1. The number of nitrogens with zero attached hydrogens (tertiary/aromatic N) is 2. The van der Waals surface area contributed by atoms with Gasteiger partial charge in [0.1, 0.15) is 28.8 Å². The van der Waals surface area contributed by atoms with Crippen molar-refractivity contribution in [3.05, 3.63) is 75.9 Å². The van der Waals surface area contributed by atoms with Gasteiger partial charge in [-0.2, -0.15) is 13.2 Å². The third kappa shape index (κ3) is 6.54. The zero-order chi connectivity index (χ0) is 28.3. The monoisotopic (exact) mass is 563 g/mol. The summed E-state index contributed by atoms with van der Waals surface area (Å²) in [5, 5.41) is 12.4. The summed E-state index contributed by atoms with van der Waals surface area (Å²) in [6.07, 6.45) is -3.91. The number of anilines is 1. The number of amides is 1. The Kier molecular flexibility index (Phi) is 8.19. The average molecular weight is 564 g/mol. The van der Waals surface area contributed by atoms with Gasteiger partial charge in [0.25, 0.3) is 5.91 Å². The van der Waals surface area contributed by atoms with Crippen LogP contribution < -0.4 is 19.7 Å². The molecule has 1 aliphatic rings. The predicted octanol–water partition coefficient (Wildman–Crippen LogP) is 5.54. The van der Waals surface area contributed by atoms with Crippen molar-refractivity contribution in [2.24, 2.45) is 0 Å². The molecule has 1 amide bonds. The van der Waals surface area contributed by atoms with Crippen molar-refractivity contribution in [1.82, 2.24) is 10.3 Å². The smallest absolute Gasteiger partial charge is 0.433 e. The molecule has 2 aromatic carbocycles. The Morgan fingerprint density at radius 2 is 1.90 bits per heavy atom. The lowest BCUT2D eigenvalue weighted by molar-refractivity contribution is -0.141. The minimum atomic E-state index is -4.55. The van der Waals surface area contributed by atoms with Gasteiger partial charge in [0.05, 0.1) is 17.5 Å². The standard InChI is InChI=1S/C27H25ClF3N3O5/c1-34(2)24-15(5-8-23(33-24)27(29,30)31)9-11-32-25(35)16-3-6-17(7-4-16)39-22-14-21-19(13-20(22)28)18(26(36)37)10-12-38-21/h3-8,13-14,18H,9-12H2,1-2H3,(H,32,35)(H,36,37). The molecular formula is C27H25ClF3N3O5. The first-order chi connectivity index (χ1) is 18.4. The summed E-state index contributed by atoms with van der Waals surface area (Å²) in [6.45, 7) is 0.452. The molecule has 0 saturated heterocycles. The fourth-order valence-corrected chi connectivity index (χ4v) is 4.37. The maximum Gasteiger partial charge on any atom is 0.433 e. The van der Waals surface area contributed by atoms with Crippen molar-refractivity contribution in [2.75, 3.05) is 32.1 Å². The van der Waals surface area contributed by atoms with Crippen LogP contribution in [-0.2, 0) is 17.4 Å². The van der Waals surface area contributed by atoms with Gasteiger partial charge in [-0.15, -0.1) is 0 Å². The number of carbonyl (C=O) groups excluding carboxylic acids is 1. The van der Waals surface area contributed by atoms with Crippen molar-refractivity contribution in [3.63, 3.8) is 0 Å². The van der Waals surface area contributed by atoms with Gasteiger partial charge in [-0.1, -0.05) is 17.7 Å². The molecule has 0 fully saturated rings. The number of rotatable bonds is 8. The second kappa shape index (κ2) is 11.4. The van der Waals surface area contributed by atoms with Crippen LogP contribution in [0.3, 0.4) is 0 Å². The minimum Gasteiger partial charge on any atom is -0.493 e. The summed E-state index contributed by atoms with van der Waals surface area (Å²) in [4.78, 5) is 29.3. The lowest BCUT2D eigenvalue weighted by Gasteiger charge is -2.24. The van der Waals surface area contributed by atoms with Gasteiger partial charge in [-0.3, -0.25) is 9.59 Å². The van der Waals surface area contributed by atoms with Crippen LogP contribution in [0.1, 0.15) is 39.5 Å². The summed E-state index contributed by atoms with van der Waals surface area (Å²) in [5.74, 6) is -0.774. The first-order valence-electron chi connectivity index (χ1n) is 11.9. The van der Waals surface area contributed by atoms with Gasteiger partial charge < -0.3 is 24.8 Å². The fraction of sp³-hybridized carbons (Fsp3) is 0.296. The van der Waals surface area contributed by atoms with E-state index >= 15 is 0 Å². The van der Waals surface area contributed by atoms with Crippen LogP contribution in [0.4, 0.5) is 19.0 Å². The minimum absolute atomic E-state index is 0.185. The third-order valence-electron chi connectivity index (χ3n) is 6.10. The highest BCUT2D eigenvalue weighted by molar-refractivity contribution is 6.32. The molecule has 0 spiro atoms. The topological polar surface area (TPSA) is 101 Å². The second-order valence-corrected chi connectivity index (χ2v) is 9.46. The first-order valence-corrected chi connectivity index (χ1v) is 12.3. The maximum atomic E-state index is 13.0. The van der Waals surface area contributed by atoms with Gasteiger partial charge in [0.2, 0.25) is 0 Å². The van der Waals surface area contributed by atoms with Gasteiger partial charge in [0, 0.05) is 37.8 Å². The average Bonchev–Trinajstić information content (AvgIpc) is 2.88. The highest BCUT2D eigenvalue weighted by atomic mass is 35.5. The Morgan fingerprint density at radius 3 is 2.54 bits per heavy atom. The van der Waals surface area contributed by atoms with Crippen LogP contribution in [0.5, 0.6) is 17.2 Å². The number of aromatic nitrogens is 1. The van der Waals surface area contributed by atoms with Gasteiger partial charge in [-0.25, -0.2) is 4.98 Å². The number of nitrogens with one attached hydrogen (secondary N) is 1. The summed E-state index contributed by atoms with van der Waals surface area (Å²) in [6, 6.07) is 11.6. The Bertz CT molecular complexity index is 1380. The second-order valence-electron chi connectivity index (χ2n) is 9.05. The number of pyridine rings is 1. The number of halogens is 4. The Hall–Kier alpha value is -3.99. The number of alkyl halides is 3. The molecule has 1 unspecified atom stereocenters. The number of carboxylic acids is 1. The molecule has 4 rings (SSSR count). The van der Waals surface area contributed by atoms with Gasteiger partial charge >= 0.3 is 12.1 Å². The number of carboxylic acid groups (broad SMARTS) is 1. The molecule has 2 heterocycles. The molecule has 206 valence electrons. The number of hydrogen-bond donors (Lipinski definition) is 2. The quantitative estimate of drug-likeness (QED) is 0.371. The summed E-state index contributed by atoms with van der Waals surface area (Å²) < 4.78 is 50.4. The number of fused-ring (bicyclic) bond motifs is 1. The fourth-order valence-electron chi connectivity index (χ4n) is 4.16. The zero-order valence-corrected chi connectivity index (χ0v) is 21.8. The first kappa shape index (κ1) is 28.0. The van der Waals surface area contributed by atoms with Gasteiger partial charge in [-0.05, 0) is 54.8 Å². The van der Waals surface area contributed by atoms with Crippen LogP contribution in [-0.4, -0.2) is 49.2 Å². The van der Waals surface area contributed by atoms with Crippen LogP contribution in [0.25, 0.3) is 0 Å². The maximum absolute atomic E-state index is 13.0. The number of benzene rings is 2. The highest BCUT2D eigenvalue weighted by Crippen LogP contribution is 2.42. The number of ether oxygens (including phenoxy) is 2. The van der Waals surface area contributed by atoms with E-state index in [2.05, 4.69) is 10.3 Å². The number of hydrogen-bond acceptors (Lipinski definition) is 6. The molecule has 0 aliphatic carbocycles. The molecule has 1 atom stereocenters. The van der Waals surface area contributed by atoms with E-state index in [1.165, 1.54) is 17.0 Å². The SMILES string of the molecule is CN(C)c1nc(C(F)(F)F)ccc1CCNC(=O)c1ccc(Oc2cc3c(cc2Cl)C(C(=O)O)CCO3)cc1. The molecule has 1 aliphatic heterocycles. The molecular weight excluding hydrogens is 539 g/mol. The Balaban J connectivity index is 1.38. The molecule has 8 nitrogen and oxygen atoms in total. The zero-order valence-electron chi connectivity index (χ0n) is 21.0. The number of carbonyl (C=O) groups is 2. The summed E-state index contributed by atoms with van der Waals surface area (Å²) >= 11 is 6.33. The van der Waals surface area contributed by atoms with Crippen molar-refractivity contribution >= 4 is 29.3 Å². The van der Waals surface area contributed by atoms with E-state index in [1.54, 1.807) is 44.4 Å². The Labute approximate surface area is 227 Å². The predicted molar refractivity (Wildman–Crippen MR) is 138 cm³/mol. The molecule has 1 aromatic heterocycles. The van der Waals surface area contributed by atoms with Crippen LogP contribution >= 0.6 is 11.6 Å². The highest BCUT2D eigenvalue weighted by Gasteiger charge is 2.33. The molecule has 0 bridgehead atoms. The Morgan fingerprint density at radius 1 is 1.18 bits per heavy atom. The van der Waals surface area contributed by atoms with E-state index in [9.17, 15) is 27.9 Å². The van der Waals surface area contributed by atoms with Crippen LogP contribution in [0, 0.1) is 0 Å². The molecule has 39 heavy (non-hydrogen) atoms. The van der Waals surface area contributed by atoms with Crippen molar-refractivity contribution < 1.29 is 37.3 Å². The molecule has 3 aromatic rings. The lowest BCUT2D eigenvalue weighted by atomic mass is 9.93. The summed E-state index contributed by atoms with van der Waals surface area (Å²) in [5.41, 5.74) is 0.431. The van der Waals surface area contributed by atoms with E-state index < -0.39 is 23.8 Å². The summed E-state index contributed by atoms with van der Waals surface area (Å²) in [7, 11) is 3.21. The third-order valence-corrected chi connectivity index (χ3v) is 6.39. The van der Waals surface area contributed by atoms with Gasteiger partial charge in [0.15, 0.2) is 0 Å². The van der Waals surface area contributed by atoms with E-state index in [0.29, 0.717) is 34.6 Å². The molecule has 2 N–H and O–H groups in total. The van der Waals surface area contributed by atoms with Crippen LogP contribution in [0.2, 0.25) is 5.02 Å². The van der Waals surface area contributed by atoms with Crippen molar-refractivity contribution in [1.29, 1.82) is 0 Å². The van der Waals surface area contributed by atoms with E-state index in [4.69, 9.17) is 21.1 Å². The van der Waals surface area contributed by atoms with Crippen molar-refractivity contribution in [2.45, 2.75) is 24.9 Å². The molecule has 0 radical (unpaired) electrons.